The van der Waals surface area contributed by atoms with Gasteiger partial charge in [-0.3, -0.25) is 9.69 Å². The zero-order chi connectivity index (χ0) is 15.7. The molecule has 3 rings (SSSR count). The Bertz CT molecular complexity index is 789. The predicted octanol–water partition coefficient (Wildman–Crippen LogP) is 2.46. The summed E-state index contributed by atoms with van der Waals surface area (Å²) in [6.45, 7) is 0.184. The number of hydrogen-bond acceptors (Lipinski definition) is 5. The first-order valence-corrected chi connectivity index (χ1v) is 9.03. The molecule has 0 radical (unpaired) electrons. The van der Waals surface area contributed by atoms with Crippen LogP contribution in [0.5, 0.6) is 0 Å². The Morgan fingerprint density at radius 1 is 1.32 bits per heavy atom. The molecule has 0 saturated carbocycles. The van der Waals surface area contributed by atoms with E-state index in [1.807, 2.05) is 30.3 Å². The molecule has 2 aromatic rings. The fourth-order valence-corrected chi connectivity index (χ4v) is 4.22. The summed E-state index contributed by atoms with van der Waals surface area (Å²) in [5, 5.41) is 0.516. The van der Waals surface area contributed by atoms with E-state index >= 15 is 0 Å². The number of nitrogens with zero attached hydrogens (tertiary/aromatic N) is 2. The minimum absolute atomic E-state index is 0.0312. The van der Waals surface area contributed by atoms with Crippen LogP contribution in [0.3, 0.4) is 0 Å². The second-order valence-electron chi connectivity index (χ2n) is 5.15. The number of anilines is 1. The largest absolute Gasteiger partial charge is 0.302 e. The first-order valence-electron chi connectivity index (χ1n) is 6.66. The third-order valence-corrected chi connectivity index (χ3v) is 5.36. The summed E-state index contributed by atoms with van der Waals surface area (Å²) in [5.41, 5.74) is 1.00. The van der Waals surface area contributed by atoms with Crippen molar-refractivity contribution in [1.82, 2.24) is 4.98 Å². The van der Waals surface area contributed by atoms with E-state index < -0.39 is 21.9 Å². The molecule has 0 N–H and O–H groups in total. The molecule has 1 aliphatic heterocycles. The fourth-order valence-electron chi connectivity index (χ4n) is 2.49. The maximum atomic E-state index is 12.8. The normalized spacial score (nSPS) is 18.9. The summed E-state index contributed by atoms with van der Waals surface area (Å²) in [6.07, 6.45) is 1.71. The Balaban J connectivity index is 1.78. The molecule has 0 aliphatic carbocycles. The second-order valence-corrected chi connectivity index (χ2v) is 7.57. The molecule has 1 saturated heterocycles. The van der Waals surface area contributed by atoms with Gasteiger partial charge in [0.25, 0.3) is 0 Å². The van der Waals surface area contributed by atoms with Gasteiger partial charge in [0.15, 0.2) is 5.13 Å². The van der Waals surface area contributed by atoms with Crippen LogP contribution >= 0.6 is 11.3 Å². The number of benzene rings is 1. The molecule has 1 amide bonds. The van der Waals surface area contributed by atoms with Crippen molar-refractivity contribution in [3.8, 4) is 10.4 Å². The highest BCUT2D eigenvalue weighted by molar-refractivity contribution is 7.86. The second kappa shape index (κ2) is 5.77. The maximum Gasteiger partial charge on any atom is 0.302 e. The molecule has 0 spiro atoms. The molecular formula is C14H13FN2O3S2. The zero-order valence-electron chi connectivity index (χ0n) is 11.5. The number of carbonyl (C=O) groups is 1. The Morgan fingerprint density at radius 2 is 2.05 bits per heavy atom. The summed E-state index contributed by atoms with van der Waals surface area (Å²) >= 11 is 1.36. The predicted molar refractivity (Wildman–Crippen MR) is 82.9 cm³/mol. The van der Waals surface area contributed by atoms with E-state index in [1.54, 1.807) is 6.20 Å². The molecule has 0 bridgehead atoms. The van der Waals surface area contributed by atoms with E-state index in [9.17, 15) is 17.1 Å². The highest BCUT2D eigenvalue weighted by Crippen LogP contribution is 2.34. The summed E-state index contributed by atoms with van der Waals surface area (Å²) in [7, 11) is -4.57. The molecule has 1 aliphatic rings. The smallest absolute Gasteiger partial charge is 0.288 e. The summed E-state index contributed by atoms with van der Waals surface area (Å²) in [6, 6.07) is 9.64. The number of hydrogen-bond donors (Lipinski definition) is 0. The van der Waals surface area contributed by atoms with Crippen LogP contribution in [0.2, 0.25) is 0 Å². The molecular weight excluding hydrogens is 327 g/mol. The van der Waals surface area contributed by atoms with Crippen molar-refractivity contribution in [1.29, 1.82) is 0 Å². The fraction of sp³-hybridized carbons (Fsp3) is 0.286. The Morgan fingerprint density at radius 3 is 2.73 bits per heavy atom. The van der Waals surface area contributed by atoms with E-state index in [1.165, 1.54) is 16.2 Å². The maximum absolute atomic E-state index is 12.8. The lowest BCUT2D eigenvalue weighted by atomic mass is 10.1. The number of carbonyl (C=O) groups excluding carboxylic acids is 1. The molecule has 1 unspecified atom stereocenters. The first-order chi connectivity index (χ1) is 10.4. The monoisotopic (exact) mass is 340 g/mol. The molecule has 1 aromatic carbocycles. The Kier molecular flexibility index (Phi) is 3.96. The van der Waals surface area contributed by atoms with Crippen molar-refractivity contribution >= 4 is 32.6 Å². The van der Waals surface area contributed by atoms with Crippen LogP contribution in [0.4, 0.5) is 9.02 Å². The van der Waals surface area contributed by atoms with Gasteiger partial charge in [-0.1, -0.05) is 41.7 Å². The van der Waals surface area contributed by atoms with Crippen molar-refractivity contribution < 1.29 is 17.1 Å². The number of aromatic nitrogens is 1. The molecule has 2 heterocycles. The van der Waals surface area contributed by atoms with Crippen molar-refractivity contribution in [2.75, 3.05) is 17.2 Å². The van der Waals surface area contributed by atoms with E-state index in [4.69, 9.17) is 0 Å². The molecule has 1 fully saturated rings. The van der Waals surface area contributed by atoms with Crippen molar-refractivity contribution in [3.63, 3.8) is 0 Å². The summed E-state index contributed by atoms with van der Waals surface area (Å²) in [4.78, 5) is 18.6. The minimum Gasteiger partial charge on any atom is -0.288 e. The van der Waals surface area contributed by atoms with Crippen LogP contribution in [0.15, 0.2) is 36.5 Å². The summed E-state index contributed by atoms with van der Waals surface area (Å²) < 4.78 is 34.2. The molecule has 1 aromatic heterocycles. The molecule has 5 nitrogen and oxygen atoms in total. The quantitative estimate of drug-likeness (QED) is 0.802. The number of thiazole rings is 1. The Hall–Kier alpha value is -1.80. The van der Waals surface area contributed by atoms with Gasteiger partial charge < -0.3 is 0 Å². The van der Waals surface area contributed by atoms with Crippen LogP contribution in [0.1, 0.15) is 6.42 Å². The minimum atomic E-state index is -4.57. The SMILES string of the molecule is O=C1CC(CS(=O)(=O)F)CN1c1ncc(-c2ccccc2)s1. The molecule has 8 heteroatoms. The topological polar surface area (TPSA) is 67.3 Å². The van der Waals surface area contributed by atoms with Crippen molar-refractivity contribution in [2.24, 2.45) is 5.92 Å². The van der Waals surface area contributed by atoms with E-state index in [2.05, 4.69) is 4.98 Å². The van der Waals surface area contributed by atoms with Gasteiger partial charge >= 0.3 is 10.2 Å². The van der Waals surface area contributed by atoms with Gasteiger partial charge in [-0.25, -0.2) is 4.98 Å². The van der Waals surface area contributed by atoms with Crippen LogP contribution < -0.4 is 4.90 Å². The van der Waals surface area contributed by atoms with Crippen molar-refractivity contribution in [3.05, 3.63) is 36.5 Å². The van der Waals surface area contributed by atoms with Gasteiger partial charge in [-0.2, -0.15) is 8.42 Å². The van der Waals surface area contributed by atoms with Gasteiger partial charge in [0.1, 0.15) is 0 Å². The van der Waals surface area contributed by atoms with Crippen LogP contribution in [0, 0.1) is 5.92 Å². The third-order valence-electron chi connectivity index (χ3n) is 3.42. The van der Waals surface area contributed by atoms with Gasteiger partial charge in [0, 0.05) is 25.1 Å². The van der Waals surface area contributed by atoms with Crippen LogP contribution in [0.25, 0.3) is 10.4 Å². The van der Waals surface area contributed by atoms with E-state index in [0.717, 1.165) is 10.4 Å². The lowest BCUT2D eigenvalue weighted by Crippen LogP contribution is -2.25. The third kappa shape index (κ3) is 3.33. The van der Waals surface area contributed by atoms with Crippen LogP contribution in [-0.4, -0.2) is 31.6 Å². The van der Waals surface area contributed by atoms with Gasteiger partial charge in [-0.05, 0) is 5.56 Å². The number of halogens is 1. The van der Waals surface area contributed by atoms with E-state index in [-0.39, 0.29) is 18.9 Å². The molecule has 116 valence electrons. The molecule has 22 heavy (non-hydrogen) atoms. The Labute approximate surface area is 131 Å². The average Bonchev–Trinajstić information content (AvgIpc) is 3.05. The highest BCUT2D eigenvalue weighted by Gasteiger charge is 2.35. The van der Waals surface area contributed by atoms with Gasteiger partial charge in [-0.15, -0.1) is 3.89 Å². The van der Waals surface area contributed by atoms with Gasteiger partial charge in [0.05, 0.1) is 10.6 Å². The lowest BCUT2D eigenvalue weighted by Gasteiger charge is -2.12. The van der Waals surface area contributed by atoms with Gasteiger partial charge in [0.2, 0.25) is 5.91 Å². The summed E-state index contributed by atoms with van der Waals surface area (Å²) in [5.74, 6) is -1.36. The number of amides is 1. The highest BCUT2D eigenvalue weighted by atomic mass is 32.3. The van der Waals surface area contributed by atoms with E-state index in [0.29, 0.717) is 5.13 Å². The zero-order valence-corrected chi connectivity index (χ0v) is 13.1. The van der Waals surface area contributed by atoms with Crippen molar-refractivity contribution in [2.45, 2.75) is 6.42 Å². The van der Waals surface area contributed by atoms with Crippen LogP contribution in [-0.2, 0) is 15.0 Å². The first kappa shape index (κ1) is 15.1. The molecule has 1 atom stereocenters. The standard InChI is InChI=1S/C14H13FN2O3S2/c15-22(19,20)9-10-6-13(18)17(8-10)14-16-7-12(21-14)11-4-2-1-3-5-11/h1-5,7,10H,6,8-9H2. The number of rotatable bonds is 4. The average molecular weight is 340 g/mol. The lowest BCUT2D eigenvalue weighted by molar-refractivity contribution is -0.117.